The highest BCUT2D eigenvalue weighted by Crippen LogP contribution is 2.49. The standard InChI is InChI=1S/C18H12O6/c1-21-9-3-2-4-10-14(9)17(20)15-12(23-10)7-11-13(16(15)19)8-5-6-22-18(8)24-11/h2-8,18-19H,1H3/t8-,18+/m0/s1. The molecule has 1 aromatic heterocycles. The molecule has 2 aromatic carbocycles. The Kier molecular flexibility index (Phi) is 2.46. The number of hydrogen-bond acceptors (Lipinski definition) is 6. The lowest BCUT2D eigenvalue weighted by Crippen LogP contribution is -2.14. The Bertz CT molecular complexity index is 1090. The second-order valence-corrected chi connectivity index (χ2v) is 5.75. The number of methoxy groups -OCH3 is 1. The van der Waals surface area contributed by atoms with Gasteiger partial charge in [0.25, 0.3) is 6.29 Å². The maximum Gasteiger partial charge on any atom is 0.250 e. The summed E-state index contributed by atoms with van der Waals surface area (Å²) in [5.74, 6) is 0.495. The van der Waals surface area contributed by atoms with Crippen LogP contribution in [0.5, 0.6) is 17.2 Å². The smallest absolute Gasteiger partial charge is 0.250 e. The van der Waals surface area contributed by atoms with E-state index in [2.05, 4.69) is 0 Å². The molecule has 3 aromatic rings. The molecule has 0 saturated heterocycles. The number of ether oxygens (including phenoxy) is 3. The maximum absolute atomic E-state index is 13.0. The average molecular weight is 324 g/mol. The van der Waals surface area contributed by atoms with E-state index in [9.17, 15) is 9.90 Å². The van der Waals surface area contributed by atoms with Gasteiger partial charge in [0.15, 0.2) is 0 Å². The Morgan fingerprint density at radius 3 is 2.92 bits per heavy atom. The van der Waals surface area contributed by atoms with Crippen molar-refractivity contribution in [3.8, 4) is 17.2 Å². The summed E-state index contributed by atoms with van der Waals surface area (Å²) in [4.78, 5) is 13.0. The quantitative estimate of drug-likeness (QED) is 0.693. The van der Waals surface area contributed by atoms with E-state index < -0.39 is 6.29 Å². The van der Waals surface area contributed by atoms with Gasteiger partial charge in [-0.25, -0.2) is 0 Å². The molecule has 1 N–H and O–H groups in total. The van der Waals surface area contributed by atoms with E-state index in [0.717, 1.165) is 0 Å². The minimum atomic E-state index is -0.512. The van der Waals surface area contributed by atoms with Crippen molar-refractivity contribution in [1.82, 2.24) is 0 Å². The molecule has 0 unspecified atom stereocenters. The average Bonchev–Trinajstić information content (AvgIpc) is 3.14. The van der Waals surface area contributed by atoms with Gasteiger partial charge in [-0.2, -0.15) is 0 Å². The maximum atomic E-state index is 13.0. The summed E-state index contributed by atoms with van der Waals surface area (Å²) in [6.45, 7) is 0. The lowest BCUT2D eigenvalue weighted by atomic mass is 9.97. The van der Waals surface area contributed by atoms with Gasteiger partial charge in [-0.3, -0.25) is 4.79 Å². The van der Waals surface area contributed by atoms with E-state index in [1.807, 2.05) is 0 Å². The normalized spacial score (nSPS) is 20.7. The molecule has 2 aliphatic heterocycles. The second kappa shape index (κ2) is 4.44. The molecular weight excluding hydrogens is 312 g/mol. The first-order valence-electron chi connectivity index (χ1n) is 7.47. The monoisotopic (exact) mass is 324 g/mol. The van der Waals surface area contributed by atoms with Crippen molar-refractivity contribution >= 4 is 21.9 Å². The number of fused-ring (bicyclic) bond motifs is 5. The number of rotatable bonds is 1. The van der Waals surface area contributed by atoms with Crippen LogP contribution < -0.4 is 14.9 Å². The van der Waals surface area contributed by atoms with E-state index in [0.29, 0.717) is 28.0 Å². The summed E-state index contributed by atoms with van der Waals surface area (Å²) >= 11 is 0. The zero-order valence-corrected chi connectivity index (χ0v) is 12.6. The fraction of sp³-hybridized carbons (Fsp3) is 0.167. The van der Waals surface area contributed by atoms with Crippen LogP contribution in [0.2, 0.25) is 0 Å². The lowest BCUT2D eigenvalue weighted by molar-refractivity contribution is -0.00481. The first-order chi connectivity index (χ1) is 11.7. The number of aromatic hydroxyl groups is 1. The Hall–Kier alpha value is -3.15. The van der Waals surface area contributed by atoms with Crippen LogP contribution in [-0.2, 0) is 4.74 Å². The van der Waals surface area contributed by atoms with Crippen LogP contribution in [-0.4, -0.2) is 18.5 Å². The molecule has 5 rings (SSSR count). The van der Waals surface area contributed by atoms with Crippen molar-refractivity contribution in [3.63, 3.8) is 0 Å². The van der Waals surface area contributed by atoms with Crippen molar-refractivity contribution < 1.29 is 23.7 Å². The summed E-state index contributed by atoms with van der Waals surface area (Å²) in [5, 5.41) is 11.2. The molecule has 24 heavy (non-hydrogen) atoms. The van der Waals surface area contributed by atoms with Gasteiger partial charge in [-0.15, -0.1) is 0 Å². The predicted molar refractivity (Wildman–Crippen MR) is 85.6 cm³/mol. The molecular formula is C18H12O6. The van der Waals surface area contributed by atoms with Gasteiger partial charge in [-0.05, 0) is 18.2 Å². The predicted octanol–water partition coefficient (Wildman–Crippen LogP) is 3.01. The van der Waals surface area contributed by atoms with Crippen LogP contribution in [0.4, 0.5) is 0 Å². The molecule has 120 valence electrons. The van der Waals surface area contributed by atoms with E-state index in [1.165, 1.54) is 13.4 Å². The molecule has 2 atom stereocenters. The summed E-state index contributed by atoms with van der Waals surface area (Å²) in [7, 11) is 1.49. The first-order valence-corrected chi connectivity index (χ1v) is 7.47. The van der Waals surface area contributed by atoms with E-state index in [4.69, 9.17) is 18.6 Å². The lowest BCUT2D eigenvalue weighted by Gasteiger charge is -2.09. The van der Waals surface area contributed by atoms with Crippen LogP contribution in [0.15, 0.2) is 45.8 Å². The fourth-order valence-electron chi connectivity index (χ4n) is 3.43. The van der Waals surface area contributed by atoms with Crippen LogP contribution in [0, 0.1) is 0 Å². The van der Waals surface area contributed by atoms with Crippen molar-refractivity contribution in [2.45, 2.75) is 12.2 Å². The van der Waals surface area contributed by atoms with Crippen LogP contribution >= 0.6 is 0 Å². The third-order valence-electron chi connectivity index (χ3n) is 4.52. The number of phenolic OH excluding ortho intramolecular Hbond substituents is 1. The Morgan fingerprint density at radius 1 is 1.21 bits per heavy atom. The zero-order chi connectivity index (χ0) is 16.4. The van der Waals surface area contributed by atoms with Crippen molar-refractivity contribution in [2.24, 2.45) is 0 Å². The van der Waals surface area contributed by atoms with Gasteiger partial charge in [0.2, 0.25) is 5.43 Å². The van der Waals surface area contributed by atoms with Crippen molar-refractivity contribution in [3.05, 3.63) is 52.4 Å². The van der Waals surface area contributed by atoms with Crippen molar-refractivity contribution in [1.29, 1.82) is 0 Å². The first kappa shape index (κ1) is 13.3. The zero-order valence-electron chi connectivity index (χ0n) is 12.6. The molecule has 0 radical (unpaired) electrons. The SMILES string of the molecule is COc1cccc2oc3cc4c(c(O)c3c(=O)c12)[C@@H]1C=CO[C@@H]1O4. The van der Waals surface area contributed by atoms with Gasteiger partial charge in [0.05, 0.1) is 24.9 Å². The van der Waals surface area contributed by atoms with Crippen molar-refractivity contribution in [2.75, 3.05) is 7.11 Å². The molecule has 2 aliphatic rings. The molecule has 0 spiro atoms. The number of benzene rings is 2. The molecule has 6 heteroatoms. The minimum Gasteiger partial charge on any atom is -0.507 e. The summed E-state index contributed by atoms with van der Waals surface area (Å²) in [6, 6.07) is 6.73. The molecule has 6 nitrogen and oxygen atoms in total. The van der Waals surface area contributed by atoms with E-state index in [-0.39, 0.29) is 28.1 Å². The molecule has 0 saturated carbocycles. The van der Waals surface area contributed by atoms with E-state index >= 15 is 0 Å². The third-order valence-corrected chi connectivity index (χ3v) is 4.52. The van der Waals surface area contributed by atoms with Gasteiger partial charge in [-0.1, -0.05) is 6.07 Å². The highest BCUT2D eigenvalue weighted by atomic mass is 16.7. The van der Waals surface area contributed by atoms with E-state index in [1.54, 1.807) is 30.3 Å². The van der Waals surface area contributed by atoms with Crippen LogP contribution in [0.25, 0.3) is 21.9 Å². The molecule has 3 heterocycles. The summed E-state index contributed by atoms with van der Waals surface area (Å²) in [5.41, 5.74) is 0.861. The highest BCUT2D eigenvalue weighted by molar-refractivity contribution is 5.97. The second-order valence-electron chi connectivity index (χ2n) is 5.75. The van der Waals surface area contributed by atoms with Gasteiger partial charge >= 0.3 is 0 Å². The number of hydrogen-bond donors (Lipinski definition) is 1. The number of phenols is 1. The fourth-order valence-corrected chi connectivity index (χ4v) is 3.43. The minimum absolute atomic E-state index is 0.121. The summed E-state index contributed by atoms with van der Waals surface area (Å²) < 4.78 is 22.1. The Labute approximate surface area is 135 Å². The van der Waals surface area contributed by atoms with Gasteiger partial charge < -0.3 is 23.7 Å². The summed E-state index contributed by atoms with van der Waals surface area (Å²) in [6.07, 6.45) is 2.82. The Balaban J connectivity index is 1.93. The Morgan fingerprint density at radius 2 is 2.08 bits per heavy atom. The molecule has 0 aliphatic carbocycles. The van der Waals surface area contributed by atoms with Gasteiger partial charge in [0, 0.05) is 6.07 Å². The van der Waals surface area contributed by atoms with Crippen LogP contribution in [0.1, 0.15) is 11.5 Å². The molecule has 0 bridgehead atoms. The molecule has 0 fully saturated rings. The topological polar surface area (TPSA) is 78.1 Å². The largest absolute Gasteiger partial charge is 0.507 e. The van der Waals surface area contributed by atoms with Crippen LogP contribution in [0.3, 0.4) is 0 Å². The van der Waals surface area contributed by atoms with Gasteiger partial charge in [0.1, 0.15) is 39.2 Å². The third kappa shape index (κ3) is 1.52. The molecule has 0 amide bonds. The highest BCUT2D eigenvalue weighted by Gasteiger charge is 2.40.